The standard InChI is InChI=1S/C20H25N3O2/c1-3-18(24)23-13-20(14-23)12-22(10-16-7-5-4-6-8-16)11-17(20)19-21-9-15(2)25-19/h4-9,17H,3,10-14H2,1-2H3. The van der Waals surface area contributed by atoms with Crippen LogP contribution in [-0.2, 0) is 11.3 Å². The molecule has 2 fully saturated rings. The van der Waals surface area contributed by atoms with Gasteiger partial charge in [-0.2, -0.15) is 0 Å². The lowest BCUT2D eigenvalue weighted by atomic mass is 9.71. The van der Waals surface area contributed by atoms with Gasteiger partial charge in [0.15, 0.2) is 5.89 Å². The van der Waals surface area contributed by atoms with E-state index < -0.39 is 0 Å². The number of amides is 1. The fourth-order valence-electron chi connectivity index (χ4n) is 4.34. The first kappa shape index (κ1) is 16.3. The van der Waals surface area contributed by atoms with Crippen molar-refractivity contribution >= 4 is 5.91 Å². The lowest BCUT2D eigenvalue weighted by Crippen LogP contribution is -2.61. The Bertz CT molecular complexity index is 749. The van der Waals surface area contributed by atoms with E-state index >= 15 is 0 Å². The Morgan fingerprint density at radius 3 is 2.68 bits per heavy atom. The zero-order valence-electron chi connectivity index (χ0n) is 14.9. The van der Waals surface area contributed by atoms with Crippen molar-refractivity contribution in [1.29, 1.82) is 0 Å². The summed E-state index contributed by atoms with van der Waals surface area (Å²) >= 11 is 0. The van der Waals surface area contributed by atoms with Crippen LogP contribution in [0.5, 0.6) is 0 Å². The molecule has 0 saturated carbocycles. The average Bonchev–Trinajstić information content (AvgIpc) is 3.17. The third-order valence-electron chi connectivity index (χ3n) is 5.57. The molecule has 1 amide bonds. The van der Waals surface area contributed by atoms with Gasteiger partial charge in [0.05, 0.1) is 12.1 Å². The van der Waals surface area contributed by atoms with Gasteiger partial charge in [-0.3, -0.25) is 9.69 Å². The van der Waals surface area contributed by atoms with Crippen molar-refractivity contribution in [3.63, 3.8) is 0 Å². The monoisotopic (exact) mass is 339 g/mol. The molecule has 3 heterocycles. The number of nitrogens with zero attached hydrogens (tertiary/aromatic N) is 3. The third kappa shape index (κ3) is 2.97. The molecule has 2 saturated heterocycles. The zero-order chi connectivity index (χ0) is 17.4. The van der Waals surface area contributed by atoms with Crippen LogP contribution in [0.4, 0.5) is 0 Å². The van der Waals surface area contributed by atoms with Gasteiger partial charge in [-0.05, 0) is 12.5 Å². The Kier molecular flexibility index (Phi) is 4.12. The Labute approximate surface area is 148 Å². The summed E-state index contributed by atoms with van der Waals surface area (Å²) in [6.07, 6.45) is 2.38. The molecule has 1 aromatic carbocycles. The van der Waals surface area contributed by atoms with Gasteiger partial charge in [-0.1, -0.05) is 37.3 Å². The Balaban J connectivity index is 1.54. The minimum absolute atomic E-state index is 0.0803. The van der Waals surface area contributed by atoms with E-state index in [2.05, 4.69) is 34.1 Å². The fraction of sp³-hybridized carbons (Fsp3) is 0.500. The first-order chi connectivity index (χ1) is 12.1. The fourth-order valence-corrected chi connectivity index (χ4v) is 4.34. The Morgan fingerprint density at radius 2 is 2.04 bits per heavy atom. The average molecular weight is 339 g/mol. The highest BCUT2D eigenvalue weighted by molar-refractivity contribution is 5.77. The molecule has 5 heteroatoms. The molecule has 1 atom stereocenters. The number of carbonyl (C=O) groups excluding carboxylic acids is 1. The molecule has 0 N–H and O–H groups in total. The molecule has 2 aromatic rings. The second kappa shape index (κ2) is 6.30. The van der Waals surface area contributed by atoms with Gasteiger partial charge in [-0.15, -0.1) is 0 Å². The van der Waals surface area contributed by atoms with E-state index in [4.69, 9.17) is 4.42 Å². The van der Waals surface area contributed by atoms with E-state index in [1.165, 1.54) is 5.56 Å². The Hall–Kier alpha value is -2.14. The summed E-state index contributed by atoms with van der Waals surface area (Å²) in [5.41, 5.74) is 1.40. The summed E-state index contributed by atoms with van der Waals surface area (Å²) in [6.45, 7) is 8.35. The lowest BCUT2D eigenvalue weighted by molar-refractivity contribution is -0.143. The molecule has 25 heavy (non-hydrogen) atoms. The van der Waals surface area contributed by atoms with Crippen molar-refractivity contribution in [1.82, 2.24) is 14.8 Å². The molecular weight excluding hydrogens is 314 g/mol. The van der Waals surface area contributed by atoms with E-state index in [0.717, 1.165) is 44.4 Å². The number of benzene rings is 1. The number of likely N-dealkylation sites (tertiary alicyclic amines) is 2. The first-order valence-electron chi connectivity index (χ1n) is 9.06. The Morgan fingerprint density at radius 1 is 1.28 bits per heavy atom. The predicted molar refractivity (Wildman–Crippen MR) is 95.0 cm³/mol. The highest BCUT2D eigenvalue weighted by Gasteiger charge is 2.57. The van der Waals surface area contributed by atoms with Gasteiger partial charge in [0, 0.05) is 44.6 Å². The predicted octanol–water partition coefficient (Wildman–Crippen LogP) is 2.82. The number of oxazole rings is 1. The molecule has 2 aliphatic rings. The number of hydrogen-bond acceptors (Lipinski definition) is 4. The van der Waals surface area contributed by atoms with Crippen molar-refractivity contribution in [2.45, 2.75) is 32.7 Å². The molecule has 4 rings (SSSR count). The van der Waals surface area contributed by atoms with Crippen LogP contribution in [0.3, 0.4) is 0 Å². The molecule has 132 valence electrons. The second-order valence-corrected chi connectivity index (χ2v) is 7.48. The third-order valence-corrected chi connectivity index (χ3v) is 5.57. The van der Waals surface area contributed by atoms with Crippen LogP contribution >= 0.6 is 0 Å². The largest absolute Gasteiger partial charge is 0.446 e. The lowest BCUT2D eigenvalue weighted by Gasteiger charge is -2.50. The van der Waals surface area contributed by atoms with Crippen molar-refractivity contribution in [2.24, 2.45) is 5.41 Å². The van der Waals surface area contributed by atoms with Gasteiger partial charge >= 0.3 is 0 Å². The van der Waals surface area contributed by atoms with Crippen LogP contribution in [0.1, 0.15) is 36.5 Å². The van der Waals surface area contributed by atoms with Crippen LogP contribution < -0.4 is 0 Å². The van der Waals surface area contributed by atoms with Crippen LogP contribution in [0, 0.1) is 12.3 Å². The maximum absolute atomic E-state index is 12.0. The normalized spacial score (nSPS) is 22.3. The van der Waals surface area contributed by atoms with Crippen molar-refractivity contribution in [2.75, 3.05) is 26.2 Å². The zero-order valence-corrected chi connectivity index (χ0v) is 14.9. The van der Waals surface area contributed by atoms with Crippen molar-refractivity contribution < 1.29 is 9.21 Å². The highest BCUT2D eigenvalue weighted by atomic mass is 16.4. The van der Waals surface area contributed by atoms with Crippen LogP contribution in [-0.4, -0.2) is 46.9 Å². The quantitative estimate of drug-likeness (QED) is 0.859. The van der Waals surface area contributed by atoms with Crippen LogP contribution in [0.15, 0.2) is 40.9 Å². The molecule has 0 bridgehead atoms. The molecular formula is C20H25N3O2. The van der Waals surface area contributed by atoms with E-state index in [1.807, 2.05) is 24.8 Å². The summed E-state index contributed by atoms with van der Waals surface area (Å²) in [4.78, 5) is 21.0. The van der Waals surface area contributed by atoms with E-state index in [1.54, 1.807) is 6.20 Å². The van der Waals surface area contributed by atoms with Gasteiger partial charge in [0.25, 0.3) is 0 Å². The maximum atomic E-state index is 12.0. The maximum Gasteiger partial charge on any atom is 0.222 e. The summed E-state index contributed by atoms with van der Waals surface area (Å²) in [5.74, 6) is 2.18. The van der Waals surface area contributed by atoms with Gasteiger partial charge in [-0.25, -0.2) is 4.98 Å². The molecule has 0 aliphatic carbocycles. The second-order valence-electron chi connectivity index (χ2n) is 7.48. The first-order valence-corrected chi connectivity index (χ1v) is 9.06. The molecule has 0 radical (unpaired) electrons. The molecule has 1 unspecified atom stereocenters. The summed E-state index contributed by atoms with van der Waals surface area (Å²) < 4.78 is 5.88. The molecule has 1 aromatic heterocycles. The van der Waals surface area contributed by atoms with Crippen molar-refractivity contribution in [3.05, 3.63) is 53.7 Å². The van der Waals surface area contributed by atoms with Crippen LogP contribution in [0.25, 0.3) is 0 Å². The van der Waals surface area contributed by atoms with Gasteiger partial charge < -0.3 is 9.32 Å². The summed E-state index contributed by atoms with van der Waals surface area (Å²) in [6, 6.07) is 10.6. The van der Waals surface area contributed by atoms with Crippen molar-refractivity contribution in [3.8, 4) is 0 Å². The molecule has 2 aliphatic heterocycles. The summed E-state index contributed by atoms with van der Waals surface area (Å²) in [5, 5.41) is 0. The highest BCUT2D eigenvalue weighted by Crippen LogP contribution is 2.49. The molecule has 5 nitrogen and oxygen atoms in total. The number of carbonyl (C=O) groups is 1. The number of aryl methyl sites for hydroxylation is 1. The smallest absolute Gasteiger partial charge is 0.222 e. The van der Waals surface area contributed by atoms with E-state index in [0.29, 0.717) is 6.42 Å². The van der Waals surface area contributed by atoms with E-state index in [9.17, 15) is 4.79 Å². The number of rotatable bonds is 4. The number of aromatic nitrogens is 1. The number of hydrogen-bond donors (Lipinski definition) is 0. The van der Waals surface area contributed by atoms with E-state index in [-0.39, 0.29) is 17.2 Å². The summed E-state index contributed by atoms with van der Waals surface area (Å²) in [7, 11) is 0. The topological polar surface area (TPSA) is 49.6 Å². The van der Waals surface area contributed by atoms with Crippen LogP contribution in [0.2, 0.25) is 0 Å². The SMILES string of the molecule is CCC(=O)N1CC2(CN(Cc3ccccc3)CC2c2ncc(C)o2)C1. The minimum Gasteiger partial charge on any atom is -0.446 e. The van der Waals surface area contributed by atoms with Gasteiger partial charge in [0.1, 0.15) is 5.76 Å². The minimum atomic E-state index is 0.0803. The van der Waals surface area contributed by atoms with Gasteiger partial charge in [0.2, 0.25) is 5.91 Å². The molecule has 1 spiro atoms.